The third kappa shape index (κ3) is 2.22. The van der Waals surface area contributed by atoms with Gasteiger partial charge in [-0.05, 0) is 44.3 Å². The highest BCUT2D eigenvalue weighted by Gasteiger charge is 2.72. The highest BCUT2D eigenvalue weighted by atomic mass is 19.1. The summed E-state index contributed by atoms with van der Waals surface area (Å²) in [6, 6.07) is 0. The first kappa shape index (κ1) is 18.5. The average Bonchev–Trinajstić information content (AvgIpc) is 2.80. The molecule has 4 aliphatic rings. The fraction of sp³-hybridized carbons (Fsp3) is 0.667. The van der Waals surface area contributed by atoms with Crippen LogP contribution in [0.2, 0.25) is 0 Å². The summed E-state index contributed by atoms with van der Waals surface area (Å²) in [7, 11) is 0. The van der Waals surface area contributed by atoms with Gasteiger partial charge in [0.2, 0.25) is 0 Å². The summed E-state index contributed by atoms with van der Waals surface area (Å²) in [6.07, 6.45) is 3.54. The Balaban J connectivity index is 1.88. The first-order chi connectivity index (χ1) is 12.5. The van der Waals surface area contributed by atoms with Crippen LogP contribution in [0.15, 0.2) is 23.8 Å². The molecule has 0 heterocycles. The van der Waals surface area contributed by atoms with Crippen molar-refractivity contribution in [2.24, 2.45) is 22.7 Å². The van der Waals surface area contributed by atoms with E-state index in [4.69, 9.17) is 4.74 Å². The number of ether oxygens (including phenoxy) is 1. The van der Waals surface area contributed by atoms with Crippen molar-refractivity contribution < 1.29 is 28.6 Å². The predicted molar refractivity (Wildman–Crippen MR) is 94.3 cm³/mol. The zero-order valence-electron chi connectivity index (χ0n) is 15.8. The summed E-state index contributed by atoms with van der Waals surface area (Å²) in [6.45, 7) is 4.75. The second-order valence-electron chi connectivity index (χ2n) is 8.96. The molecule has 5 nitrogen and oxygen atoms in total. The standard InChI is InChI=1S/C21H25FO5/c1-11(23)27-17-10-19(2)15(9-16(25)18(19)26)14-5-4-12-8-13(24)6-7-20(12,3)21(14,17)22/h6-8,14-17,25H,4-5,9-10H2,1-3H3/t14-,15-,16+,17+,19-,20-,21?/m0/s1. The van der Waals surface area contributed by atoms with Crippen LogP contribution in [0.3, 0.4) is 0 Å². The lowest BCUT2D eigenvalue weighted by Crippen LogP contribution is -2.67. The molecule has 3 fully saturated rings. The zero-order valence-corrected chi connectivity index (χ0v) is 15.8. The van der Waals surface area contributed by atoms with E-state index in [1.807, 2.05) is 0 Å². The van der Waals surface area contributed by atoms with Gasteiger partial charge in [0.25, 0.3) is 0 Å². The van der Waals surface area contributed by atoms with Crippen LogP contribution in [0, 0.1) is 22.7 Å². The number of alkyl halides is 1. The molecular formula is C21H25FO5. The number of halogens is 1. The van der Waals surface area contributed by atoms with Crippen LogP contribution in [0.4, 0.5) is 4.39 Å². The lowest BCUT2D eigenvalue weighted by atomic mass is 9.46. The Kier molecular flexibility index (Phi) is 3.84. The van der Waals surface area contributed by atoms with E-state index in [9.17, 15) is 19.5 Å². The number of ketones is 2. The Morgan fingerprint density at radius 3 is 2.67 bits per heavy atom. The van der Waals surface area contributed by atoms with Crippen molar-refractivity contribution in [1.29, 1.82) is 0 Å². The van der Waals surface area contributed by atoms with E-state index in [0.717, 1.165) is 0 Å². The minimum Gasteiger partial charge on any atom is -0.459 e. The Hall–Kier alpha value is -1.82. The van der Waals surface area contributed by atoms with E-state index < -0.39 is 40.6 Å². The maximum Gasteiger partial charge on any atom is 0.303 e. The van der Waals surface area contributed by atoms with Crippen LogP contribution in [-0.4, -0.2) is 40.5 Å². The van der Waals surface area contributed by atoms with Crippen LogP contribution >= 0.6 is 0 Å². The number of aliphatic hydroxyl groups is 1. The molecule has 0 saturated heterocycles. The molecule has 4 aliphatic carbocycles. The van der Waals surface area contributed by atoms with E-state index >= 15 is 4.39 Å². The molecule has 0 amide bonds. The summed E-state index contributed by atoms with van der Waals surface area (Å²) in [5.41, 5.74) is -3.22. The van der Waals surface area contributed by atoms with Gasteiger partial charge in [-0.15, -0.1) is 0 Å². The van der Waals surface area contributed by atoms with E-state index in [0.29, 0.717) is 18.4 Å². The van der Waals surface area contributed by atoms with Gasteiger partial charge in [-0.3, -0.25) is 14.4 Å². The van der Waals surface area contributed by atoms with Gasteiger partial charge in [-0.1, -0.05) is 18.6 Å². The van der Waals surface area contributed by atoms with Gasteiger partial charge in [0.05, 0.1) is 0 Å². The van der Waals surface area contributed by atoms with Gasteiger partial charge in [0.15, 0.2) is 17.2 Å². The van der Waals surface area contributed by atoms with Crippen molar-refractivity contribution in [3.8, 4) is 0 Å². The second-order valence-corrected chi connectivity index (χ2v) is 8.96. The fourth-order valence-corrected chi connectivity index (χ4v) is 6.30. The number of carbonyl (C=O) groups excluding carboxylic acids is 3. The number of hydrogen-bond donors (Lipinski definition) is 1. The number of carbonyl (C=O) groups is 3. The van der Waals surface area contributed by atoms with Crippen LogP contribution < -0.4 is 0 Å². The summed E-state index contributed by atoms with van der Waals surface area (Å²) in [5.74, 6) is -1.91. The summed E-state index contributed by atoms with van der Waals surface area (Å²) in [5, 5.41) is 10.2. The van der Waals surface area contributed by atoms with Crippen molar-refractivity contribution in [3.05, 3.63) is 23.8 Å². The van der Waals surface area contributed by atoms with Crippen molar-refractivity contribution >= 4 is 17.5 Å². The van der Waals surface area contributed by atoms with Gasteiger partial charge >= 0.3 is 5.97 Å². The van der Waals surface area contributed by atoms with Gasteiger partial charge in [0, 0.05) is 30.1 Å². The van der Waals surface area contributed by atoms with Crippen molar-refractivity contribution in [1.82, 2.24) is 0 Å². The van der Waals surface area contributed by atoms with E-state index in [1.165, 1.54) is 19.1 Å². The highest BCUT2D eigenvalue weighted by Crippen LogP contribution is 2.67. The molecule has 0 aliphatic heterocycles. The monoisotopic (exact) mass is 376 g/mol. The topological polar surface area (TPSA) is 80.7 Å². The third-order valence-corrected chi connectivity index (χ3v) is 7.66. The summed E-state index contributed by atoms with van der Waals surface area (Å²) < 4.78 is 22.5. The molecule has 4 rings (SSSR count). The number of aliphatic hydroxyl groups excluding tert-OH is 1. The largest absolute Gasteiger partial charge is 0.459 e. The van der Waals surface area contributed by atoms with Crippen LogP contribution in [0.5, 0.6) is 0 Å². The molecule has 7 atom stereocenters. The fourth-order valence-electron chi connectivity index (χ4n) is 6.30. The van der Waals surface area contributed by atoms with Crippen molar-refractivity contribution in [2.45, 2.75) is 64.3 Å². The molecule has 0 aromatic heterocycles. The van der Waals surface area contributed by atoms with E-state index in [-0.39, 0.29) is 30.3 Å². The average molecular weight is 376 g/mol. The van der Waals surface area contributed by atoms with Crippen LogP contribution in [-0.2, 0) is 19.1 Å². The normalized spacial score (nSPS) is 48.4. The van der Waals surface area contributed by atoms with Gasteiger partial charge < -0.3 is 9.84 Å². The predicted octanol–water partition coefficient (Wildman–Crippen LogP) is 2.47. The molecule has 27 heavy (non-hydrogen) atoms. The van der Waals surface area contributed by atoms with Crippen molar-refractivity contribution in [3.63, 3.8) is 0 Å². The van der Waals surface area contributed by atoms with Crippen LogP contribution in [0.25, 0.3) is 0 Å². The zero-order chi connectivity index (χ0) is 19.8. The lowest BCUT2D eigenvalue weighted by Gasteiger charge is -2.61. The highest BCUT2D eigenvalue weighted by molar-refractivity contribution is 6.01. The minimum atomic E-state index is -1.94. The maximum atomic E-state index is 17.1. The molecule has 1 N–H and O–H groups in total. The Labute approximate surface area is 157 Å². The maximum absolute atomic E-state index is 17.1. The quantitative estimate of drug-likeness (QED) is 0.711. The van der Waals surface area contributed by atoms with Gasteiger partial charge in [-0.25, -0.2) is 4.39 Å². The molecule has 0 aromatic carbocycles. The number of Topliss-reactive ketones (excluding diaryl/α,β-unsaturated/α-hetero) is 1. The Morgan fingerprint density at radius 2 is 2.00 bits per heavy atom. The van der Waals surface area contributed by atoms with Crippen LogP contribution in [0.1, 0.15) is 46.5 Å². The molecule has 146 valence electrons. The molecule has 0 spiro atoms. The Morgan fingerprint density at radius 1 is 1.30 bits per heavy atom. The number of esters is 1. The molecule has 1 unspecified atom stereocenters. The number of fused-ring (bicyclic) bond motifs is 5. The van der Waals surface area contributed by atoms with Crippen molar-refractivity contribution in [2.75, 3.05) is 0 Å². The van der Waals surface area contributed by atoms with E-state index in [2.05, 4.69) is 0 Å². The first-order valence-corrected chi connectivity index (χ1v) is 9.57. The molecule has 6 heteroatoms. The minimum absolute atomic E-state index is 0.0464. The lowest BCUT2D eigenvalue weighted by molar-refractivity contribution is -0.208. The number of allylic oxidation sites excluding steroid dienone is 4. The SMILES string of the molecule is CC(=O)O[C@@H]1C[C@]2(C)C(=O)[C@H](O)C[C@H]2[C@@H]2CCC3=CC(=O)C=C[C@]3(C)C12F. The summed E-state index contributed by atoms with van der Waals surface area (Å²) in [4.78, 5) is 36.3. The van der Waals surface area contributed by atoms with Gasteiger partial charge in [-0.2, -0.15) is 0 Å². The number of rotatable bonds is 1. The smallest absolute Gasteiger partial charge is 0.303 e. The molecule has 0 bridgehead atoms. The first-order valence-electron chi connectivity index (χ1n) is 9.57. The molecular weight excluding hydrogens is 351 g/mol. The Bertz CT molecular complexity index is 800. The summed E-state index contributed by atoms with van der Waals surface area (Å²) >= 11 is 0. The van der Waals surface area contributed by atoms with E-state index in [1.54, 1.807) is 19.9 Å². The second kappa shape index (κ2) is 5.60. The molecule has 0 radical (unpaired) electrons. The van der Waals surface area contributed by atoms with Gasteiger partial charge in [0.1, 0.15) is 12.2 Å². The number of hydrogen-bond acceptors (Lipinski definition) is 5. The molecule has 0 aromatic rings. The third-order valence-electron chi connectivity index (χ3n) is 7.66. The molecule has 3 saturated carbocycles.